The van der Waals surface area contributed by atoms with Gasteiger partial charge < -0.3 is 30.3 Å². The number of carbonyl (C=O) groups is 1. The fourth-order valence-electron chi connectivity index (χ4n) is 14.3. The average Bonchev–Trinajstić information content (AvgIpc) is 1.78. The molecule has 1 aliphatic heterocycles. The first-order valence-corrected chi connectivity index (χ1v) is 34.8. The quantitative estimate of drug-likeness (QED) is 0.0659. The summed E-state index contributed by atoms with van der Waals surface area (Å²) in [5.74, 6) is 2.15. The van der Waals surface area contributed by atoms with Crippen molar-refractivity contribution in [1.29, 1.82) is 0 Å². The lowest BCUT2D eigenvalue weighted by Gasteiger charge is -2.39. The monoisotopic (exact) mass is 1360 g/mol. The number of nitrogens with one attached hydrogen (secondary N) is 1. The molecule has 12 aromatic rings. The number of hydrogen-bond donors (Lipinski definition) is 4. The van der Waals surface area contributed by atoms with Crippen molar-refractivity contribution in [2.45, 2.75) is 113 Å². The molecule has 0 radical (unpaired) electrons. The molecule has 6 atom stereocenters. The van der Waals surface area contributed by atoms with E-state index in [1.165, 1.54) is 6.42 Å². The van der Waals surface area contributed by atoms with Gasteiger partial charge >= 0.3 is 0 Å². The summed E-state index contributed by atoms with van der Waals surface area (Å²) in [5, 5.41) is 59.0. The number of ether oxygens (including phenoxy) is 1. The average molecular weight is 1360 g/mol. The number of rotatable bonds is 17. The van der Waals surface area contributed by atoms with E-state index in [9.17, 15) is 15.0 Å². The Balaban J connectivity index is 0.000000129. The van der Waals surface area contributed by atoms with E-state index in [1.54, 1.807) is 20.2 Å². The Labute approximate surface area is 585 Å². The number of aliphatic hydroxyl groups is 3. The zero-order valence-corrected chi connectivity index (χ0v) is 57.1. The highest BCUT2D eigenvalue weighted by molar-refractivity contribution is 5.78. The molecule has 2 unspecified atom stereocenters. The van der Waals surface area contributed by atoms with E-state index in [0.29, 0.717) is 62.1 Å². The van der Waals surface area contributed by atoms with Gasteiger partial charge in [-0.2, -0.15) is 30.6 Å². The molecular weight excluding hydrogens is 1270 g/mol. The van der Waals surface area contributed by atoms with E-state index >= 15 is 0 Å². The maximum Gasteiger partial charge on any atom is 0.248 e. The van der Waals surface area contributed by atoms with Crippen molar-refractivity contribution in [1.82, 2.24) is 98.8 Å². The fourth-order valence-corrected chi connectivity index (χ4v) is 14.3. The molecule has 9 aromatic heterocycles. The number of carbonyl (C=O) groups excluding carboxylic acids is 1. The van der Waals surface area contributed by atoms with Crippen LogP contribution in [0.15, 0.2) is 184 Å². The van der Waals surface area contributed by atoms with Crippen LogP contribution in [0.1, 0.15) is 95.2 Å². The van der Waals surface area contributed by atoms with Gasteiger partial charge in [-0.05, 0) is 106 Å². The Hall–Kier alpha value is -10.6. The van der Waals surface area contributed by atoms with Crippen LogP contribution in [-0.4, -0.2) is 172 Å². The molecule has 4 fully saturated rings. The third-order valence-electron chi connectivity index (χ3n) is 19.7. The first kappa shape index (κ1) is 67.6. The van der Waals surface area contributed by atoms with Gasteiger partial charge in [-0.15, -0.1) is 0 Å². The van der Waals surface area contributed by atoms with Crippen LogP contribution in [0.25, 0.3) is 101 Å². The van der Waals surface area contributed by atoms with Gasteiger partial charge in [0.2, 0.25) is 5.91 Å². The van der Waals surface area contributed by atoms with Gasteiger partial charge in [0.1, 0.15) is 6.61 Å². The molecule has 0 spiro atoms. The molecule has 1 amide bonds. The van der Waals surface area contributed by atoms with Crippen LogP contribution >= 0.6 is 0 Å². The molecular formula is C76H84N20O5. The second-order valence-corrected chi connectivity index (χ2v) is 26.9. The predicted molar refractivity (Wildman–Crippen MR) is 382 cm³/mol. The zero-order chi connectivity index (χ0) is 69.2. The zero-order valence-electron chi connectivity index (χ0n) is 57.1. The largest absolute Gasteiger partial charge is 0.395 e. The molecule has 25 heteroatoms. The molecule has 3 aliphatic carbocycles. The van der Waals surface area contributed by atoms with Crippen LogP contribution < -0.4 is 5.32 Å². The van der Waals surface area contributed by atoms with Crippen LogP contribution in [-0.2, 0) is 30.7 Å². The molecule has 3 aromatic carbocycles. The first-order valence-electron chi connectivity index (χ1n) is 34.8. The number of aliphatic hydroxyl groups excluding tert-OH is 2. The van der Waals surface area contributed by atoms with Crippen LogP contribution in [0.5, 0.6) is 0 Å². The van der Waals surface area contributed by atoms with Gasteiger partial charge in [-0.1, -0.05) is 54.6 Å². The van der Waals surface area contributed by atoms with Gasteiger partial charge in [0.25, 0.3) is 0 Å². The third-order valence-corrected chi connectivity index (χ3v) is 19.7. The van der Waals surface area contributed by atoms with Gasteiger partial charge in [0.05, 0.1) is 80.7 Å². The first-order chi connectivity index (χ1) is 49.4. The molecule has 4 N–H and O–H groups in total. The highest BCUT2D eigenvalue weighted by atomic mass is 16.5. The molecule has 4 aliphatic rings. The molecule has 10 heterocycles. The van der Waals surface area contributed by atoms with Crippen molar-refractivity contribution in [2.24, 2.45) is 21.1 Å². The normalized spacial score (nSPS) is 20.0. The number of benzene rings is 3. The lowest BCUT2D eigenvalue weighted by Crippen LogP contribution is -2.49. The van der Waals surface area contributed by atoms with Gasteiger partial charge in [-0.3, -0.25) is 32.9 Å². The van der Waals surface area contributed by atoms with Crippen LogP contribution in [0.4, 0.5) is 0 Å². The van der Waals surface area contributed by atoms with E-state index in [0.717, 1.165) is 141 Å². The number of aromatic nitrogens is 18. The predicted octanol–water partition coefficient (Wildman–Crippen LogP) is 10.5. The van der Waals surface area contributed by atoms with Crippen molar-refractivity contribution < 1.29 is 24.9 Å². The van der Waals surface area contributed by atoms with Crippen molar-refractivity contribution in [3.63, 3.8) is 0 Å². The summed E-state index contributed by atoms with van der Waals surface area (Å²) < 4.78 is 16.7. The smallest absolute Gasteiger partial charge is 0.248 e. The van der Waals surface area contributed by atoms with Gasteiger partial charge in [0.15, 0.2) is 17.5 Å². The van der Waals surface area contributed by atoms with Gasteiger partial charge in [-0.25, -0.2) is 29.9 Å². The molecule has 0 bridgehead atoms. The second-order valence-electron chi connectivity index (χ2n) is 26.9. The number of aryl methyl sites for hydroxylation is 3. The standard InChI is InChI=1S/C27H29N7O2.C25H29N7O.C24H26N6O2/c1-32-16-22(14-30-32)19-4-2-5-20(10-19)27-28-12-21(13-29-27)23-15-31-34(17-23)25-7-3-6-24(11-25)33-8-9-36-18-26(33)35;1-31-16-21(14-29-31)18-4-2-5-19(10-18)25-27-12-20(13-28-25)22-15-30-32(17-22)24-7-3-6-23(11-24)26-8-9-33;1-29-14-20(12-27-29)17-4-2-5-18(8-17)23-25-10-19(11-26-23)21-13-28-30(15-21)22-6-3-7-24(32,9-22)16-31/h2,4-5,10,12-17,24-25H,3,6-9,11,18H2,1H3;2,4-5,10,12-17,23-24,26,33H,3,6-9,11H2,1H3;2,4-5,8,10-15,22,31-32H,3,6-7,9,16H2,1H3/t24-,25-;23-,24-;/m00./s1. The summed E-state index contributed by atoms with van der Waals surface area (Å²) in [6, 6.07) is 25.9. The maximum absolute atomic E-state index is 12.3. The van der Waals surface area contributed by atoms with E-state index < -0.39 is 5.60 Å². The minimum absolute atomic E-state index is 0.0741. The number of amides is 1. The molecule has 3 saturated carbocycles. The van der Waals surface area contributed by atoms with Crippen LogP contribution in [0.3, 0.4) is 0 Å². The fraction of sp³-hybridized carbons (Fsp3) is 0.355. The number of morpholine rings is 1. The van der Waals surface area contributed by atoms with Gasteiger partial charge in [0, 0.05) is 194 Å². The van der Waals surface area contributed by atoms with E-state index in [-0.39, 0.29) is 43.9 Å². The Morgan fingerprint density at radius 2 is 0.851 bits per heavy atom. The Bertz CT molecular complexity index is 4710. The topological polar surface area (TPSA) is 287 Å². The summed E-state index contributed by atoms with van der Waals surface area (Å²) in [4.78, 5) is 42.0. The molecule has 101 heavy (non-hydrogen) atoms. The maximum atomic E-state index is 12.3. The second kappa shape index (κ2) is 30.9. The SMILES string of the molecule is Cn1cc(-c2cccc(-c3ncc(-c4cnn(C5CCCC(O)(CO)C5)c4)cn3)c2)cn1.Cn1cc(-c2cccc(-c3ncc(-c4cnn([C@H]5CCC[C@H](N6CCOCC6=O)C5)c4)cn3)c2)cn1.Cn1cc(-c2cccc(-c3ncc(-c4cnn([C@H]5CCC[C@H](NCCO)C5)c4)cn3)c2)cn1. The van der Waals surface area contributed by atoms with Crippen molar-refractivity contribution in [2.75, 3.05) is 39.5 Å². The van der Waals surface area contributed by atoms with E-state index in [1.807, 2.05) is 166 Å². The van der Waals surface area contributed by atoms with Crippen molar-refractivity contribution >= 4 is 5.91 Å². The lowest BCUT2D eigenvalue weighted by molar-refractivity contribution is -0.146. The molecule has 25 nitrogen and oxygen atoms in total. The highest BCUT2D eigenvalue weighted by Crippen LogP contribution is 2.38. The minimum atomic E-state index is -1.01. The molecule has 518 valence electrons. The van der Waals surface area contributed by atoms with E-state index in [2.05, 4.69) is 118 Å². The molecule has 16 rings (SSSR count). The minimum Gasteiger partial charge on any atom is -0.395 e. The summed E-state index contributed by atoms with van der Waals surface area (Å²) in [6.45, 7) is 2.14. The van der Waals surface area contributed by atoms with Crippen molar-refractivity contribution in [3.05, 3.63) is 184 Å². The van der Waals surface area contributed by atoms with Crippen molar-refractivity contribution in [3.8, 4) is 101 Å². The third kappa shape index (κ3) is 16.2. The Morgan fingerprint density at radius 3 is 1.28 bits per heavy atom. The summed E-state index contributed by atoms with van der Waals surface area (Å²) in [5.41, 5.74) is 14.0. The Kier molecular flexibility index (Phi) is 20.7. The summed E-state index contributed by atoms with van der Waals surface area (Å²) >= 11 is 0. The summed E-state index contributed by atoms with van der Waals surface area (Å²) in [7, 11) is 5.73. The Morgan fingerprint density at radius 1 is 0.455 bits per heavy atom. The number of hydrogen-bond acceptors (Lipinski definition) is 18. The number of nitrogens with zero attached hydrogens (tertiary/aromatic N) is 19. The lowest BCUT2D eigenvalue weighted by atomic mass is 9.82. The van der Waals surface area contributed by atoms with Crippen LogP contribution in [0, 0.1) is 0 Å². The van der Waals surface area contributed by atoms with E-state index in [4.69, 9.17) is 9.84 Å². The van der Waals surface area contributed by atoms with Crippen LogP contribution in [0.2, 0.25) is 0 Å². The molecule has 1 saturated heterocycles. The highest BCUT2D eigenvalue weighted by Gasteiger charge is 2.36. The summed E-state index contributed by atoms with van der Waals surface area (Å²) in [6.07, 6.45) is 45.9.